The third kappa shape index (κ3) is 5.35. The second-order valence-corrected chi connectivity index (χ2v) is 6.02. The molecule has 1 atom stereocenters. The molecule has 2 aromatic rings. The zero-order valence-corrected chi connectivity index (χ0v) is 15.7. The second-order valence-electron chi connectivity index (χ2n) is 6.02. The van der Waals surface area contributed by atoms with Crippen LogP contribution in [0.15, 0.2) is 54.6 Å². The van der Waals surface area contributed by atoms with Crippen molar-refractivity contribution >= 4 is 24.0 Å². The van der Waals surface area contributed by atoms with Crippen molar-refractivity contribution in [3.05, 3.63) is 65.7 Å². The van der Waals surface area contributed by atoms with Gasteiger partial charge in [-0.3, -0.25) is 10.1 Å². The molecule has 1 aliphatic heterocycles. The van der Waals surface area contributed by atoms with E-state index in [2.05, 4.69) is 10.6 Å². The van der Waals surface area contributed by atoms with Crippen LogP contribution in [0.5, 0.6) is 11.5 Å². The predicted molar refractivity (Wildman–Crippen MR) is 104 cm³/mol. The predicted octanol–water partition coefficient (Wildman–Crippen LogP) is 2.56. The number of ether oxygens (including phenoxy) is 3. The van der Waals surface area contributed by atoms with E-state index in [9.17, 15) is 14.4 Å². The van der Waals surface area contributed by atoms with Gasteiger partial charge in [-0.05, 0) is 30.7 Å². The Labute approximate surface area is 167 Å². The number of imide groups is 1. The molecule has 29 heavy (non-hydrogen) atoms. The molecule has 0 spiro atoms. The molecule has 8 nitrogen and oxygen atoms in total. The summed E-state index contributed by atoms with van der Waals surface area (Å²) in [5.41, 5.74) is 1.15. The number of rotatable bonds is 6. The summed E-state index contributed by atoms with van der Waals surface area (Å²) >= 11 is 0. The summed E-state index contributed by atoms with van der Waals surface area (Å²) in [6.07, 6.45) is 1.47. The van der Waals surface area contributed by atoms with Crippen LogP contribution in [-0.4, -0.2) is 31.2 Å². The number of benzene rings is 2. The number of fused-ring (bicyclic) bond motifs is 1. The number of urea groups is 1. The molecule has 2 N–H and O–H groups in total. The highest BCUT2D eigenvalue weighted by molar-refractivity contribution is 5.98. The van der Waals surface area contributed by atoms with Crippen LogP contribution in [0.4, 0.5) is 4.79 Å². The van der Waals surface area contributed by atoms with E-state index >= 15 is 0 Å². The first-order valence-electron chi connectivity index (χ1n) is 8.99. The van der Waals surface area contributed by atoms with Gasteiger partial charge in [-0.2, -0.15) is 0 Å². The minimum Gasteiger partial charge on any atom is -0.454 e. The lowest BCUT2D eigenvalue weighted by Gasteiger charge is -2.16. The van der Waals surface area contributed by atoms with Crippen molar-refractivity contribution in [3.8, 4) is 11.5 Å². The summed E-state index contributed by atoms with van der Waals surface area (Å²) in [5, 5.41) is 4.62. The lowest BCUT2D eigenvalue weighted by molar-refractivity contribution is -0.151. The summed E-state index contributed by atoms with van der Waals surface area (Å²) in [7, 11) is 0. The molecule has 3 rings (SSSR count). The largest absolute Gasteiger partial charge is 0.454 e. The smallest absolute Gasteiger partial charge is 0.331 e. The van der Waals surface area contributed by atoms with Crippen molar-refractivity contribution in [2.45, 2.75) is 13.0 Å². The van der Waals surface area contributed by atoms with E-state index < -0.39 is 24.0 Å². The SMILES string of the molecule is CCNC(=O)NC(=O)[C@H](OC(=O)/C=C/c1ccc2c(c1)OCO2)c1ccccc1. The van der Waals surface area contributed by atoms with Gasteiger partial charge in [0, 0.05) is 18.2 Å². The maximum absolute atomic E-state index is 12.5. The average Bonchev–Trinajstić information content (AvgIpc) is 3.19. The Morgan fingerprint density at radius 1 is 1.10 bits per heavy atom. The van der Waals surface area contributed by atoms with E-state index in [0.29, 0.717) is 29.2 Å². The number of amides is 3. The number of hydrogen-bond acceptors (Lipinski definition) is 6. The molecule has 0 aromatic heterocycles. The van der Waals surface area contributed by atoms with Gasteiger partial charge in [-0.15, -0.1) is 0 Å². The number of esters is 1. The summed E-state index contributed by atoms with van der Waals surface area (Å²) in [6.45, 7) is 2.23. The maximum atomic E-state index is 12.5. The fourth-order valence-electron chi connectivity index (χ4n) is 2.62. The summed E-state index contributed by atoms with van der Waals surface area (Å²) in [6, 6.07) is 13.0. The van der Waals surface area contributed by atoms with Gasteiger partial charge >= 0.3 is 12.0 Å². The van der Waals surface area contributed by atoms with E-state index in [-0.39, 0.29) is 6.79 Å². The van der Waals surface area contributed by atoms with Crippen LogP contribution in [0.25, 0.3) is 6.08 Å². The van der Waals surface area contributed by atoms with Gasteiger partial charge in [-0.25, -0.2) is 9.59 Å². The lowest BCUT2D eigenvalue weighted by Crippen LogP contribution is -2.42. The standard InChI is InChI=1S/C21H20N2O6/c1-2-22-21(26)23-20(25)19(15-6-4-3-5-7-15)29-18(24)11-9-14-8-10-16-17(12-14)28-13-27-16/h3-12,19H,2,13H2,1H3,(H2,22,23,25,26)/b11-9+/t19-/m1/s1. The van der Waals surface area contributed by atoms with Crippen LogP contribution in [-0.2, 0) is 14.3 Å². The fraction of sp³-hybridized carbons (Fsp3) is 0.190. The fourth-order valence-corrected chi connectivity index (χ4v) is 2.62. The highest BCUT2D eigenvalue weighted by Gasteiger charge is 2.25. The van der Waals surface area contributed by atoms with Crippen LogP contribution < -0.4 is 20.1 Å². The zero-order valence-electron chi connectivity index (χ0n) is 15.7. The van der Waals surface area contributed by atoms with E-state index in [4.69, 9.17) is 14.2 Å². The van der Waals surface area contributed by atoms with E-state index in [1.54, 1.807) is 55.5 Å². The van der Waals surface area contributed by atoms with Gasteiger partial charge in [-0.1, -0.05) is 36.4 Å². The molecule has 0 saturated carbocycles. The molecule has 1 aliphatic rings. The summed E-state index contributed by atoms with van der Waals surface area (Å²) < 4.78 is 15.9. The molecule has 0 fully saturated rings. The van der Waals surface area contributed by atoms with Gasteiger partial charge < -0.3 is 19.5 Å². The Morgan fingerprint density at radius 3 is 2.62 bits per heavy atom. The molecule has 0 saturated heterocycles. The third-order valence-electron chi connectivity index (χ3n) is 3.96. The number of hydrogen-bond donors (Lipinski definition) is 2. The zero-order chi connectivity index (χ0) is 20.6. The molecule has 150 valence electrons. The Kier molecular flexibility index (Phi) is 6.47. The molecule has 8 heteroatoms. The molecule has 0 unspecified atom stereocenters. The molecular weight excluding hydrogens is 376 g/mol. The van der Waals surface area contributed by atoms with Crippen LogP contribution >= 0.6 is 0 Å². The van der Waals surface area contributed by atoms with Crippen LogP contribution in [0.2, 0.25) is 0 Å². The lowest BCUT2D eigenvalue weighted by atomic mass is 10.1. The first kappa shape index (κ1) is 19.9. The molecule has 0 radical (unpaired) electrons. The molecule has 0 bridgehead atoms. The Bertz CT molecular complexity index is 926. The van der Waals surface area contributed by atoms with Crippen LogP contribution in [0, 0.1) is 0 Å². The molecule has 1 heterocycles. The quantitative estimate of drug-likeness (QED) is 0.575. The maximum Gasteiger partial charge on any atom is 0.331 e. The highest BCUT2D eigenvalue weighted by Crippen LogP contribution is 2.32. The van der Waals surface area contributed by atoms with Gasteiger partial charge in [0.1, 0.15) is 0 Å². The molecule has 2 aromatic carbocycles. The molecule has 3 amide bonds. The molecular formula is C21H20N2O6. The number of carbonyl (C=O) groups is 3. The number of nitrogens with one attached hydrogen (secondary N) is 2. The van der Waals surface area contributed by atoms with Gasteiger partial charge in [0.25, 0.3) is 5.91 Å². The van der Waals surface area contributed by atoms with Crippen molar-refractivity contribution < 1.29 is 28.6 Å². The molecule has 0 aliphatic carbocycles. The summed E-state index contributed by atoms with van der Waals surface area (Å²) in [5.74, 6) is -0.255. The third-order valence-corrected chi connectivity index (χ3v) is 3.96. The van der Waals surface area contributed by atoms with Gasteiger partial charge in [0.2, 0.25) is 12.9 Å². The Balaban J connectivity index is 1.70. The summed E-state index contributed by atoms with van der Waals surface area (Å²) in [4.78, 5) is 36.4. The van der Waals surface area contributed by atoms with Crippen molar-refractivity contribution in [1.82, 2.24) is 10.6 Å². The normalized spacial score (nSPS) is 13.0. The van der Waals surface area contributed by atoms with Crippen LogP contribution in [0.3, 0.4) is 0 Å². The minimum absolute atomic E-state index is 0.157. The van der Waals surface area contributed by atoms with Crippen molar-refractivity contribution in [1.29, 1.82) is 0 Å². The van der Waals surface area contributed by atoms with Gasteiger partial charge in [0.15, 0.2) is 11.5 Å². The monoisotopic (exact) mass is 396 g/mol. The Morgan fingerprint density at radius 2 is 1.86 bits per heavy atom. The highest BCUT2D eigenvalue weighted by atomic mass is 16.7. The van der Waals surface area contributed by atoms with E-state index in [1.165, 1.54) is 12.2 Å². The van der Waals surface area contributed by atoms with Crippen molar-refractivity contribution in [3.63, 3.8) is 0 Å². The van der Waals surface area contributed by atoms with Crippen molar-refractivity contribution in [2.75, 3.05) is 13.3 Å². The Hall–Kier alpha value is -3.81. The minimum atomic E-state index is -1.27. The first-order valence-corrected chi connectivity index (χ1v) is 8.99. The second kappa shape index (κ2) is 9.41. The van der Waals surface area contributed by atoms with Crippen LogP contribution in [0.1, 0.15) is 24.2 Å². The van der Waals surface area contributed by atoms with E-state index in [1.807, 2.05) is 0 Å². The van der Waals surface area contributed by atoms with E-state index in [0.717, 1.165) is 0 Å². The number of carbonyl (C=O) groups excluding carboxylic acids is 3. The average molecular weight is 396 g/mol. The topological polar surface area (TPSA) is 103 Å². The van der Waals surface area contributed by atoms with Crippen molar-refractivity contribution in [2.24, 2.45) is 0 Å². The first-order chi connectivity index (χ1) is 14.1. The van der Waals surface area contributed by atoms with Gasteiger partial charge in [0.05, 0.1) is 0 Å².